The summed E-state index contributed by atoms with van der Waals surface area (Å²) in [6.45, 7) is 13.8. The van der Waals surface area contributed by atoms with Gasteiger partial charge in [0.15, 0.2) is 5.78 Å². The first-order valence-electron chi connectivity index (χ1n) is 18.3. The van der Waals surface area contributed by atoms with E-state index in [4.69, 9.17) is 11.3 Å². The van der Waals surface area contributed by atoms with E-state index in [0.29, 0.717) is 47.2 Å². The van der Waals surface area contributed by atoms with E-state index in [-0.39, 0.29) is 17.3 Å². The van der Waals surface area contributed by atoms with Crippen LogP contribution in [0.25, 0.3) is 0 Å². The SMILES string of the molecule is C=C1C[C@](CC)(C(=O)OC)C(C/C=C2\C[C@H]3[C@@H]4CCC5=CCCC[C@@H]5[C@H]4C(=C)C[C@]3(CC)C2=O)C2CCC3=CCCCC3C12. The normalized spacial score (nSPS) is 44.1. The number of carbonyl (C=O) groups excluding carboxylic acids is 2. The van der Waals surface area contributed by atoms with Gasteiger partial charge in [-0.25, -0.2) is 0 Å². The standard InChI is InChI=1S/C41H56O3/c1-6-40-23-25(3)37-31-15-11-9-13-28(31)17-20-33(37)35(40)22-29(38(40)42)18-21-34-32-19-16-27-12-8-10-14-30(27)36(32)26(4)24-41(34,7-2)39(43)44-5/h12-13,18,30-37H,3-4,6-11,14-17,19-24H2,1-2,5H3/b29-18+/t30?,31-,32?,33-,34?,35-,36?,37+,40-,41-/m0/s1. The van der Waals surface area contributed by atoms with Crippen molar-refractivity contribution in [3.05, 3.63) is 59.3 Å². The third-order valence-corrected chi connectivity index (χ3v) is 14.7. The second-order valence-electron chi connectivity index (χ2n) is 16.0. The summed E-state index contributed by atoms with van der Waals surface area (Å²) < 4.78 is 5.57. The number of Topliss-reactive ketones (excluding diaryl/α,β-unsaturated/α-hetero) is 1. The molecule has 0 spiro atoms. The number of ether oxygens (including phenoxy) is 1. The molecule has 0 aliphatic heterocycles. The first-order valence-corrected chi connectivity index (χ1v) is 18.3. The molecule has 5 fully saturated rings. The molecular formula is C41H56O3. The van der Waals surface area contributed by atoms with Crippen LogP contribution in [0.2, 0.25) is 0 Å². The molecule has 5 saturated carbocycles. The molecule has 44 heavy (non-hydrogen) atoms. The lowest BCUT2D eigenvalue weighted by molar-refractivity contribution is -0.162. The Morgan fingerprint density at radius 3 is 2.14 bits per heavy atom. The fraction of sp³-hybridized carbons (Fsp3) is 0.707. The molecule has 0 aromatic rings. The van der Waals surface area contributed by atoms with Crippen molar-refractivity contribution in [2.45, 2.75) is 117 Å². The molecule has 0 heterocycles. The van der Waals surface area contributed by atoms with Gasteiger partial charge in [-0.05, 0) is 156 Å². The van der Waals surface area contributed by atoms with E-state index in [9.17, 15) is 9.59 Å². The molecule has 10 atom stereocenters. The van der Waals surface area contributed by atoms with Gasteiger partial charge in [0.2, 0.25) is 0 Å². The lowest BCUT2D eigenvalue weighted by Crippen LogP contribution is -2.52. The molecule has 0 aromatic carbocycles. The van der Waals surface area contributed by atoms with E-state index in [1.54, 1.807) is 18.3 Å². The molecule has 0 N–H and O–H groups in total. The van der Waals surface area contributed by atoms with E-state index in [1.165, 1.54) is 62.5 Å². The Hall–Kier alpha value is -2.16. The Morgan fingerprint density at radius 2 is 1.52 bits per heavy atom. The number of hydrogen-bond acceptors (Lipinski definition) is 3. The molecule has 3 heteroatoms. The molecule has 7 rings (SSSR count). The number of ketones is 1. The molecule has 3 nitrogen and oxygen atoms in total. The van der Waals surface area contributed by atoms with Gasteiger partial charge < -0.3 is 4.74 Å². The fourth-order valence-electron chi connectivity index (χ4n) is 12.7. The highest BCUT2D eigenvalue weighted by Crippen LogP contribution is 2.65. The van der Waals surface area contributed by atoms with Crippen LogP contribution in [0, 0.1) is 58.2 Å². The molecule has 0 bridgehead atoms. The van der Waals surface area contributed by atoms with Crippen molar-refractivity contribution >= 4 is 11.8 Å². The molecule has 0 aromatic heterocycles. The van der Waals surface area contributed by atoms with Gasteiger partial charge in [-0.3, -0.25) is 9.59 Å². The highest BCUT2D eigenvalue weighted by atomic mass is 16.5. The highest BCUT2D eigenvalue weighted by molar-refractivity contribution is 6.03. The second kappa shape index (κ2) is 11.6. The maximum atomic E-state index is 14.6. The number of carbonyl (C=O) groups is 2. The van der Waals surface area contributed by atoms with Gasteiger partial charge >= 0.3 is 5.97 Å². The molecule has 0 saturated heterocycles. The minimum atomic E-state index is -0.552. The Morgan fingerprint density at radius 1 is 0.909 bits per heavy atom. The van der Waals surface area contributed by atoms with E-state index < -0.39 is 5.41 Å². The maximum absolute atomic E-state index is 14.6. The minimum absolute atomic E-state index is 0.0675. The van der Waals surface area contributed by atoms with Gasteiger partial charge in [0.25, 0.3) is 0 Å². The van der Waals surface area contributed by atoms with Crippen LogP contribution in [-0.2, 0) is 14.3 Å². The van der Waals surface area contributed by atoms with Gasteiger partial charge in [0, 0.05) is 5.41 Å². The van der Waals surface area contributed by atoms with Crippen LogP contribution >= 0.6 is 0 Å². The Bertz CT molecular complexity index is 1330. The van der Waals surface area contributed by atoms with Crippen LogP contribution in [0.15, 0.2) is 59.3 Å². The van der Waals surface area contributed by atoms with Gasteiger partial charge in [-0.2, -0.15) is 0 Å². The zero-order valence-corrected chi connectivity index (χ0v) is 27.8. The quantitative estimate of drug-likeness (QED) is 0.180. The van der Waals surface area contributed by atoms with Crippen LogP contribution in [-0.4, -0.2) is 18.9 Å². The van der Waals surface area contributed by atoms with Crippen LogP contribution in [0.1, 0.15) is 117 Å². The van der Waals surface area contributed by atoms with E-state index in [0.717, 1.165) is 56.9 Å². The third kappa shape index (κ3) is 4.40. The smallest absolute Gasteiger partial charge is 0.312 e. The number of allylic oxidation sites excluding steroid dienone is 8. The van der Waals surface area contributed by atoms with Crippen molar-refractivity contribution in [1.29, 1.82) is 0 Å². The average molecular weight is 597 g/mol. The van der Waals surface area contributed by atoms with Crippen LogP contribution in [0.5, 0.6) is 0 Å². The Kier molecular flexibility index (Phi) is 8.02. The first-order chi connectivity index (χ1) is 21.3. The van der Waals surface area contributed by atoms with Crippen molar-refractivity contribution in [3.63, 3.8) is 0 Å². The average Bonchev–Trinajstić information content (AvgIpc) is 3.34. The number of hydrogen-bond donors (Lipinski definition) is 0. The summed E-state index contributed by atoms with van der Waals surface area (Å²) in [6, 6.07) is 0. The van der Waals surface area contributed by atoms with Gasteiger partial charge in [-0.15, -0.1) is 0 Å². The van der Waals surface area contributed by atoms with Gasteiger partial charge in [0.1, 0.15) is 0 Å². The summed E-state index contributed by atoms with van der Waals surface area (Å²) in [7, 11) is 1.56. The summed E-state index contributed by atoms with van der Waals surface area (Å²) in [5, 5.41) is 0. The van der Waals surface area contributed by atoms with Crippen molar-refractivity contribution in [2.75, 3.05) is 7.11 Å². The minimum Gasteiger partial charge on any atom is -0.469 e. The van der Waals surface area contributed by atoms with Crippen LogP contribution in [0.4, 0.5) is 0 Å². The number of esters is 1. The summed E-state index contributed by atoms with van der Waals surface area (Å²) in [5.41, 5.74) is 6.22. The third-order valence-electron chi connectivity index (χ3n) is 14.7. The van der Waals surface area contributed by atoms with Crippen molar-refractivity contribution in [1.82, 2.24) is 0 Å². The zero-order valence-electron chi connectivity index (χ0n) is 27.8. The van der Waals surface area contributed by atoms with E-state index in [1.807, 2.05) is 0 Å². The molecule has 4 unspecified atom stereocenters. The van der Waals surface area contributed by atoms with Gasteiger partial charge in [-0.1, -0.05) is 67.5 Å². The molecule has 7 aliphatic rings. The van der Waals surface area contributed by atoms with Crippen LogP contribution in [0.3, 0.4) is 0 Å². The zero-order chi connectivity index (χ0) is 30.8. The summed E-state index contributed by atoms with van der Waals surface area (Å²) >= 11 is 0. The van der Waals surface area contributed by atoms with E-state index >= 15 is 0 Å². The predicted molar refractivity (Wildman–Crippen MR) is 178 cm³/mol. The van der Waals surface area contributed by atoms with Crippen LogP contribution < -0.4 is 0 Å². The van der Waals surface area contributed by atoms with Crippen molar-refractivity contribution in [2.24, 2.45) is 58.2 Å². The maximum Gasteiger partial charge on any atom is 0.312 e. The number of methoxy groups -OCH3 is 1. The molecule has 238 valence electrons. The van der Waals surface area contributed by atoms with Crippen molar-refractivity contribution in [3.8, 4) is 0 Å². The number of rotatable bonds is 5. The van der Waals surface area contributed by atoms with Crippen molar-refractivity contribution < 1.29 is 14.3 Å². The summed E-state index contributed by atoms with van der Waals surface area (Å²) in [6.07, 6.45) is 24.7. The topological polar surface area (TPSA) is 43.4 Å². The summed E-state index contributed by atoms with van der Waals surface area (Å²) in [4.78, 5) is 28.3. The molecular weight excluding hydrogens is 540 g/mol. The molecule has 7 aliphatic carbocycles. The van der Waals surface area contributed by atoms with Gasteiger partial charge in [0.05, 0.1) is 12.5 Å². The number of fused-ring (bicyclic) bond motifs is 8. The largest absolute Gasteiger partial charge is 0.469 e. The first kappa shape index (κ1) is 30.5. The predicted octanol–water partition coefficient (Wildman–Crippen LogP) is 9.90. The second-order valence-corrected chi connectivity index (χ2v) is 16.0. The Labute approximate surface area is 266 Å². The Balaban J connectivity index is 1.22. The highest BCUT2D eigenvalue weighted by Gasteiger charge is 2.61. The molecule has 0 radical (unpaired) electrons. The molecule has 0 amide bonds. The lowest BCUT2D eigenvalue weighted by atomic mass is 9.48. The monoisotopic (exact) mass is 596 g/mol. The van der Waals surface area contributed by atoms with E-state index in [2.05, 4.69) is 38.7 Å². The summed E-state index contributed by atoms with van der Waals surface area (Å²) in [5.74, 6) is 4.23. The lowest BCUT2D eigenvalue weighted by Gasteiger charge is -2.55. The fourth-order valence-corrected chi connectivity index (χ4v) is 12.7.